The second kappa shape index (κ2) is 3.44. The molecule has 15 heavy (non-hydrogen) atoms. The fraction of sp³-hybridized carbons (Fsp3) is 0. The van der Waals surface area contributed by atoms with Crippen molar-refractivity contribution >= 4 is 21.6 Å². The fourth-order valence-electron chi connectivity index (χ4n) is 1.62. The van der Waals surface area contributed by atoms with Crippen molar-refractivity contribution in [2.75, 3.05) is 0 Å². The molecule has 72 valence electrons. The number of thiophene rings is 1. The summed E-state index contributed by atoms with van der Waals surface area (Å²) in [6.45, 7) is 0. The highest BCUT2D eigenvalue weighted by molar-refractivity contribution is 7.16. The molecule has 0 saturated carbocycles. The van der Waals surface area contributed by atoms with E-state index in [4.69, 9.17) is 0 Å². The minimum Gasteiger partial charge on any atom is -0.236 e. The number of hydrogen-bond acceptors (Lipinski definition) is 3. The first kappa shape index (κ1) is 8.56. The van der Waals surface area contributed by atoms with Crippen molar-refractivity contribution in [2.45, 2.75) is 0 Å². The topological polar surface area (TPSA) is 25.8 Å². The molecule has 0 fully saturated rings. The van der Waals surface area contributed by atoms with Gasteiger partial charge in [-0.15, -0.1) is 11.3 Å². The molecule has 2 aromatic heterocycles. The third-order valence-corrected chi connectivity index (χ3v) is 3.13. The molecular weight excluding hydrogens is 204 g/mol. The monoisotopic (exact) mass is 212 g/mol. The molecular formula is C12H8N2S. The Labute approximate surface area is 91.2 Å². The van der Waals surface area contributed by atoms with E-state index in [2.05, 4.69) is 28.2 Å². The lowest BCUT2D eigenvalue weighted by Crippen LogP contribution is -1.84. The molecule has 0 aliphatic rings. The number of nitrogens with zero attached hydrogens (tertiary/aromatic N) is 2. The average molecular weight is 212 g/mol. The van der Waals surface area contributed by atoms with Crippen LogP contribution in [0, 0.1) is 0 Å². The molecule has 0 unspecified atom stereocenters. The molecule has 3 heteroatoms. The Morgan fingerprint density at radius 1 is 0.933 bits per heavy atom. The highest BCUT2D eigenvalue weighted by Gasteiger charge is 2.05. The van der Waals surface area contributed by atoms with Gasteiger partial charge >= 0.3 is 0 Å². The van der Waals surface area contributed by atoms with E-state index in [1.807, 2.05) is 23.6 Å². The van der Waals surface area contributed by atoms with Gasteiger partial charge in [-0.25, -0.2) is 9.97 Å². The SMILES string of the molecule is c1ccc(-c2ncnc3sccc23)cc1. The average Bonchev–Trinajstić information content (AvgIpc) is 2.78. The molecule has 2 heterocycles. The number of hydrogen-bond donors (Lipinski definition) is 0. The minimum atomic E-state index is 1.02. The van der Waals surface area contributed by atoms with Gasteiger partial charge in [-0.3, -0.25) is 0 Å². The van der Waals surface area contributed by atoms with E-state index in [-0.39, 0.29) is 0 Å². The molecule has 3 aromatic rings. The summed E-state index contributed by atoms with van der Waals surface area (Å²) in [6.07, 6.45) is 1.63. The van der Waals surface area contributed by atoms with Crippen molar-refractivity contribution in [3.63, 3.8) is 0 Å². The Morgan fingerprint density at radius 3 is 2.67 bits per heavy atom. The standard InChI is InChI=1S/C12H8N2S/c1-2-4-9(5-3-1)11-10-6-7-15-12(10)14-8-13-11/h1-8H. The molecule has 1 aromatic carbocycles. The maximum Gasteiger partial charge on any atom is 0.127 e. The van der Waals surface area contributed by atoms with Gasteiger partial charge in [-0.2, -0.15) is 0 Å². The maximum absolute atomic E-state index is 4.34. The second-order valence-electron chi connectivity index (χ2n) is 3.23. The van der Waals surface area contributed by atoms with Gasteiger partial charge in [0.1, 0.15) is 11.2 Å². The van der Waals surface area contributed by atoms with E-state index in [1.54, 1.807) is 17.7 Å². The summed E-state index contributed by atoms with van der Waals surface area (Å²) in [4.78, 5) is 9.62. The van der Waals surface area contributed by atoms with Crippen LogP contribution in [0.3, 0.4) is 0 Å². The molecule has 0 N–H and O–H groups in total. The summed E-state index contributed by atoms with van der Waals surface area (Å²) in [7, 11) is 0. The zero-order chi connectivity index (χ0) is 10.1. The number of fused-ring (bicyclic) bond motifs is 1. The van der Waals surface area contributed by atoms with Crippen LogP contribution in [0.15, 0.2) is 48.1 Å². The Kier molecular flexibility index (Phi) is 1.96. The van der Waals surface area contributed by atoms with Gasteiger partial charge in [-0.1, -0.05) is 30.3 Å². The first-order chi connectivity index (χ1) is 7.45. The van der Waals surface area contributed by atoms with Crippen molar-refractivity contribution in [2.24, 2.45) is 0 Å². The quantitative estimate of drug-likeness (QED) is 0.618. The lowest BCUT2D eigenvalue weighted by molar-refractivity contribution is 1.24. The molecule has 0 atom stereocenters. The van der Waals surface area contributed by atoms with E-state index in [0.29, 0.717) is 0 Å². The van der Waals surface area contributed by atoms with Crippen LogP contribution in [-0.4, -0.2) is 9.97 Å². The van der Waals surface area contributed by atoms with Crippen LogP contribution in [0.2, 0.25) is 0 Å². The van der Waals surface area contributed by atoms with Crippen molar-refractivity contribution in [3.05, 3.63) is 48.1 Å². The Balaban J connectivity index is 2.31. The third kappa shape index (κ3) is 1.41. The van der Waals surface area contributed by atoms with Crippen LogP contribution >= 0.6 is 11.3 Å². The van der Waals surface area contributed by atoms with Crippen LogP contribution in [0.5, 0.6) is 0 Å². The largest absolute Gasteiger partial charge is 0.236 e. The number of rotatable bonds is 1. The summed E-state index contributed by atoms with van der Waals surface area (Å²) in [6, 6.07) is 12.3. The first-order valence-corrected chi connectivity index (χ1v) is 5.57. The molecule has 0 aliphatic carbocycles. The lowest BCUT2D eigenvalue weighted by atomic mass is 10.1. The summed E-state index contributed by atoms with van der Waals surface area (Å²) >= 11 is 1.65. The van der Waals surface area contributed by atoms with Crippen LogP contribution in [0.4, 0.5) is 0 Å². The number of aromatic nitrogens is 2. The summed E-state index contributed by atoms with van der Waals surface area (Å²) < 4.78 is 0. The predicted octanol–water partition coefficient (Wildman–Crippen LogP) is 3.36. The summed E-state index contributed by atoms with van der Waals surface area (Å²) in [5.74, 6) is 0. The zero-order valence-corrected chi connectivity index (χ0v) is 8.74. The van der Waals surface area contributed by atoms with E-state index in [0.717, 1.165) is 21.5 Å². The van der Waals surface area contributed by atoms with E-state index < -0.39 is 0 Å². The third-order valence-electron chi connectivity index (χ3n) is 2.31. The first-order valence-electron chi connectivity index (χ1n) is 4.69. The van der Waals surface area contributed by atoms with Crippen LogP contribution < -0.4 is 0 Å². The van der Waals surface area contributed by atoms with E-state index >= 15 is 0 Å². The molecule has 0 amide bonds. The van der Waals surface area contributed by atoms with Gasteiger partial charge in [-0.05, 0) is 11.4 Å². The lowest BCUT2D eigenvalue weighted by Gasteiger charge is -2.00. The van der Waals surface area contributed by atoms with E-state index in [9.17, 15) is 0 Å². The molecule has 0 bridgehead atoms. The van der Waals surface area contributed by atoms with Crippen molar-refractivity contribution in [1.82, 2.24) is 9.97 Å². The Morgan fingerprint density at radius 2 is 1.80 bits per heavy atom. The molecule has 0 spiro atoms. The molecule has 0 aliphatic heterocycles. The van der Waals surface area contributed by atoms with Gasteiger partial charge in [0.2, 0.25) is 0 Å². The Hall–Kier alpha value is -1.74. The van der Waals surface area contributed by atoms with Crippen molar-refractivity contribution < 1.29 is 0 Å². The highest BCUT2D eigenvalue weighted by atomic mass is 32.1. The summed E-state index contributed by atoms with van der Waals surface area (Å²) in [5.41, 5.74) is 2.16. The molecule has 3 rings (SSSR count). The van der Waals surface area contributed by atoms with Crippen LogP contribution in [-0.2, 0) is 0 Å². The van der Waals surface area contributed by atoms with Gasteiger partial charge < -0.3 is 0 Å². The smallest absolute Gasteiger partial charge is 0.127 e. The molecule has 0 radical (unpaired) electrons. The van der Waals surface area contributed by atoms with Gasteiger partial charge in [0, 0.05) is 10.9 Å². The van der Waals surface area contributed by atoms with Gasteiger partial charge in [0.15, 0.2) is 0 Å². The zero-order valence-electron chi connectivity index (χ0n) is 7.92. The fourth-order valence-corrected chi connectivity index (χ4v) is 2.35. The predicted molar refractivity (Wildman–Crippen MR) is 62.9 cm³/mol. The maximum atomic E-state index is 4.34. The van der Waals surface area contributed by atoms with Crippen molar-refractivity contribution in [1.29, 1.82) is 0 Å². The van der Waals surface area contributed by atoms with Crippen LogP contribution in [0.25, 0.3) is 21.5 Å². The highest BCUT2D eigenvalue weighted by Crippen LogP contribution is 2.27. The van der Waals surface area contributed by atoms with E-state index in [1.165, 1.54) is 0 Å². The molecule has 2 nitrogen and oxygen atoms in total. The van der Waals surface area contributed by atoms with Gasteiger partial charge in [0.25, 0.3) is 0 Å². The second-order valence-corrected chi connectivity index (χ2v) is 4.12. The minimum absolute atomic E-state index is 1.02. The molecule has 0 saturated heterocycles. The normalized spacial score (nSPS) is 10.7. The summed E-state index contributed by atoms with van der Waals surface area (Å²) in [5, 5.41) is 3.18. The van der Waals surface area contributed by atoms with Crippen molar-refractivity contribution in [3.8, 4) is 11.3 Å². The Bertz CT molecular complexity index is 587. The van der Waals surface area contributed by atoms with Gasteiger partial charge in [0.05, 0.1) is 5.69 Å². The number of benzene rings is 1. The van der Waals surface area contributed by atoms with Crippen LogP contribution in [0.1, 0.15) is 0 Å².